The Hall–Kier alpha value is -3.97. The van der Waals surface area contributed by atoms with Gasteiger partial charge in [-0.25, -0.2) is 0 Å². The number of hydrogen-bond acceptors (Lipinski definition) is 5. The number of benzene rings is 3. The summed E-state index contributed by atoms with van der Waals surface area (Å²) in [6.07, 6.45) is 0. The molecule has 2 heterocycles. The summed E-state index contributed by atoms with van der Waals surface area (Å²) < 4.78 is 11.0. The second-order valence-electron chi connectivity index (χ2n) is 8.88. The fourth-order valence-electron chi connectivity index (χ4n) is 4.98. The van der Waals surface area contributed by atoms with E-state index in [2.05, 4.69) is 10.2 Å². The molecule has 1 aromatic heterocycles. The first-order chi connectivity index (χ1) is 17.3. The first-order valence-electron chi connectivity index (χ1n) is 11.5. The highest BCUT2D eigenvalue weighted by Gasteiger charge is 2.43. The van der Waals surface area contributed by atoms with Gasteiger partial charge in [-0.2, -0.15) is 5.10 Å². The molecular weight excluding hydrogens is 478 g/mol. The minimum absolute atomic E-state index is 0.116. The first-order valence-corrected chi connectivity index (χ1v) is 11.9. The topological polar surface area (TPSA) is 87.7 Å². The fourth-order valence-corrected chi connectivity index (χ4v) is 5.18. The van der Waals surface area contributed by atoms with E-state index in [0.29, 0.717) is 45.6 Å². The summed E-state index contributed by atoms with van der Waals surface area (Å²) in [5.41, 5.74) is 5.66. The monoisotopic (exact) mass is 503 g/mol. The number of aryl methyl sites for hydroxylation is 2. The van der Waals surface area contributed by atoms with Gasteiger partial charge in [-0.3, -0.25) is 9.89 Å². The van der Waals surface area contributed by atoms with Gasteiger partial charge < -0.3 is 19.5 Å². The molecule has 5 rings (SSSR count). The number of nitrogens with one attached hydrogen (secondary N) is 1. The molecule has 1 aliphatic rings. The second kappa shape index (κ2) is 9.24. The number of aromatic nitrogens is 2. The molecule has 8 heteroatoms. The average molecular weight is 504 g/mol. The summed E-state index contributed by atoms with van der Waals surface area (Å²) in [4.78, 5) is 15.5. The molecule has 4 aromatic rings. The lowest BCUT2D eigenvalue weighted by Gasteiger charge is -2.27. The number of phenolic OH excluding ortho intramolecular Hbond substituents is 1. The van der Waals surface area contributed by atoms with Gasteiger partial charge in [0.05, 0.1) is 20.3 Å². The van der Waals surface area contributed by atoms with Crippen molar-refractivity contribution in [3.8, 4) is 28.5 Å². The summed E-state index contributed by atoms with van der Waals surface area (Å²) >= 11 is 6.47. The number of hydrogen-bond donors (Lipinski definition) is 2. The van der Waals surface area contributed by atoms with Crippen molar-refractivity contribution >= 4 is 17.5 Å². The molecule has 0 saturated heterocycles. The van der Waals surface area contributed by atoms with Crippen LogP contribution in [0.3, 0.4) is 0 Å². The van der Waals surface area contributed by atoms with Crippen LogP contribution in [0.5, 0.6) is 17.2 Å². The second-order valence-corrected chi connectivity index (χ2v) is 9.29. The molecule has 0 saturated carbocycles. The Morgan fingerprint density at radius 2 is 1.81 bits per heavy atom. The summed E-state index contributed by atoms with van der Waals surface area (Å²) in [5.74, 6) is 1.05. The van der Waals surface area contributed by atoms with Gasteiger partial charge in [0.1, 0.15) is 17.1 Å². The number of halogens is 1. The van der Waals surface area contributed by atoms with Crippen LogP contribution in [0, 0.1) is 13.8 Å². The number of aromatic hydroxyl groups is 1. The lowest BCUT2D eigenvalue weighted by atomic mass is 9.93. The van der Waals surface area contributed by atoms with Gasteiger partial charge >= 0.3 is 0 Å². The maximum absolute atomic E-state index is 13.7. The number of fused-ring (bicyclic) bond motifs is 1. The van der Waals surface area contributed by atoms with Gasteiger partial charge in [0.25, 0.3) is 5.91 Å². The predicted molar refractivity (Wildman–Crippen MR) is 138 cm³/mol. The van der Waals surface area contributed by atoms with Crippen molar-refractivity contribution in [3.63, 3.8) is 0 Å². The molecule has 1 unspecified atom stereocenters. The zero-order chi connectivity index (χ0) is 25.6. The third kappa shape index (κ3) is 3.85. The molecule has 0 radical (unpaired) electrons. The zero-order valence-electron chi connectivity index (χ0n) is 20.4. The van der Waals surface area contributed by atoms with Gasteiger partial charge in [0.2, 0.25) is 0 Å². The molecule has 0 aliphatic carbocycles. The highest BCUT2D eigenvalue weighted by molar-refractivity contribution is 6.31. The number of methoxy groups -OCH3 is 2. The Morgan fingerprint density at radius 3 is 2.50 bits per heavy atom. The van der Waals surface area contributed by atoms with Crippen molar-refractivity contribution in [1.82, 2.24) is 15.1 Å². The van der Waals surface area contributed by atoms with Crippen LogP contribution in [0.4, 0.5) is 0 Å². The quantitative estimate of drug-likeness (QED) is 0.346. The molecule has 0 spiro atoms. The van der Waals surface area contributed by atoms with Gasteiger partial charge in [-0.05, 0) is 60.4 Å². The molecule has 0 bridgehead atoms. The largest absolute Gasteiger partial charge is 0.507 e. The van der Waals surface area contributed by atoms with Crippen LogP contribution in [0.25, 0.3) is 11.3 Å². The smallest absolute Gasteiger partial charge is 0.273 e. The van der Waals surface area contributed by atoms with Gasteiger partial charge in [-0.15, -0.1) is 0 Å². The Bertz CT molecular complexity index is 1460. The molecule has 1 aliphatic heterocycles. The number of phenols is 1. The molecular formula is C28H26ClN3O4. The van der Waals surface area contributed by atoms with Crippen LogP contribution in [0.2, 0.25) is 5.02 Å². The molecule has 0 fully saturated rings. The minimum atomic E-state index is -0.502. The first kappa shape index (κ1) is 23.8. The number of rotatable bonds is 6. The van der Waals surface area contributed by atoms with Gasteiger partial charge in [0.15, 0.2) is 11.5 Å². The average Bonchev–Trinajstić information content (AvgIpc) is 3.38. The number of nitrogens with zero attached hydrogens (tertiary/aromatic N) is 2. The maximum atomic E-state index is 13.7. The lowest BCUT2D eigenvalue weighted by Crippen LogP contribution is -2.29. The minimum Gasteiger partial charge on any atom is -0.507 e. The fraction of sp³-hybridized carbons (Fsp3) is 0.214. The summed E-state index contributed by atoms with van der Waals surface area (Å²) in [6, 6.07) is 16.2. The zero-order valence-corrected chi connectivity index (χ0v) is 21.2. The van der Waals surface area contributed by atoms with Gasteiger partial charge in [0, 0.05) is 22.7 Å². The summed E-state index contributed by atoms with van der Waals surface area (Å²) in [5, 5.41) is 18.9. The van der Waals surface area contributed by atoms with Crippen LogP contribution in [0.1, 0.15) is 44.3 Å². The van der Waals surface area contributed by atoms with Crippen LogP contribution in [0.15, 0.2) is 54.6 Å². The number of carbonyl (C=O) groups excluding carboxylic acids is 1. The summed E-state index contributed by atoms with van der Waals surface area (Å²) in [6.45, 7) is 4.14. The number of carbonyl (C=O) groups is 1. The van der Waals surface area contributed by atoms with Crippen molar-refractivity contribution in [2.45, 2.75) is 26.4 Å². The normalized spacial score (nSPS) is 14.8. The van der Waals surface area contributed by atoms with E-state index in [1.807, 2.05) is 62.4 Å². The molecule has 1 atom stereocenters. The molecule has 1 amide bonds. The number of amides is 1. The van der Waals surface area contributed by atoms with Crippen molar-refractivity contribution in [2.24, 2.45) is 0 Å². The lowest BCUT2D eigenvalue weighted by molar-refractivity contribution is 0.0730. The third-order valence-corrected chi connectivity index (χ3v) is 6.95. The highest BCUT2D eigenvalue weighted by atomic mass is 35.5. The molecule has 184 valence electrons. The number of aromatic amines is 1. The van der Waals surface area contributed by atoms with E-state index < -0.39 is 6.04 Å². The third-order valence-electron chi connectivity index (χ3n) is 6.58. The van der Waals surface area contributed by atoms with Crippen molar-refractivity contribution in [2.75, 3.05) is 14.2 Å². The standard InChI is InChI=1S/C28H26ClN3O4/c1-15-11-16(2)23(20(33)12-15)25-24-26(31-30-25)28(34)32(14-18-7-5-6-8-19(18)29)27(24)17-9-10-21(35-3)22(13-17)36-4/h5-13,27,33H,14H2,1-4H3,(H,30,31). The van der Waals surface area contributed by atoms with Crippen LogP contribution >= 0.6 is 11.6 Å². The number of H-pyrrole nitrogens is 1. The van der Waals surface area contributed by atoms with Crippen LogP contribution in [-0.2, 0) is 6.54 Å². The van der Waals surface area contributed by atoms with Gasteiger partial charge in [-0.1, -0.05) is 41.9 Å². The predicted octanol–water partition coefficient (Wildman–Crippen LogP) is 5.82. The van der Waals surface area contributed by atoms with Crippen molar-refractivity contribution in [1.29, 1.82) is 0 Å². The maximum Gasteiger partial charge on any atom is 0.273 e. The van der Waals surface area contributed by atoms with E-state index in [-0.39, 0.29) is 11.7 Å². The van der Waals surface area contributed by atoms with E-state index >= 15 is 0 Å². The molecule has 36 heavy (non-hydrogen) atoms. The van der Waals surface area contributed by atoms with Crippen molar-refractivity contribution in [3.05, 3.63) is 93.1 Å². The van der Waals surface area contributed by atoms with E-state index in [0.717, 1.165) is 22.3 Å². The van der Waals surface area contributed by atoms with E-state index in [1.54, 1.807) is 25.2 Å². The SMILES string of the molecule is COc1ccc(C2c3c(-c4c(C)cc(C)cc4O)n[nH]c3C(=O)N2Cc2ccccc2Cl)cc1OC. The molecule has 3 aromatic carbocycles. The Morgan fingerprint density at radius 1 is 1.06 bits per heavy atom. The Labute approximate surface area is 214 Å². The van der Waals surface area contributed by atoms with Crippen molar-refractivity contribution < 1.29 is 19.4 Å². The van der Waals surface area contributed by atoms with E-state index in [4.69, 9.17) is 21.1 Å². The highest BCUT2D eigenvalue weighted by Crippen LogP contribution is 2.47. The summed E-state index contributed by atoms with van der Waals surface area (Å²) in [7, 11) is 3.15. The van der Waals surface area contributed by atoms with E-state index in [1.165, 1.54) is 0 Å². The van der Waals surface area contributed by atoms with E-state index in [9.17, 15) is 9.90 Å². The molecule has 7 nitrogen and oxygen atoms in total. The molecule has 2 N–H and O–H groups in total. The Kier molecular flexibility index (Phi) is 6.10. The van der Waals surface area contributed by atoms with Crippen LogP contribution < -0.4 is 9.47 Å². The number of ether oxygens (including phenoxy) is 2. The van der Waals surface area contributed by atoms with Crippen LogP contribution in [-0.4, -0.2) is 40.3 Å². The Balaban J connectivity index is 1.72.